The zero-order chi connectivity index (χ0) is 25.7. The number of nitrogens with one attached hydrogen (secondary N) is 4. The minimum absolute atomic E-state index is 0.0417. The molecule has 1 rings (SSSR count). The Morgan fingerprint density at radius 2 is 1.69 bits per heavy atom. The number of aromatic hydroxyl groups is 1. The quantitative estimate of drug-likeness (QED) is 0.139. The molecule has 0 saturated heterocycles. The molecule has 7 nitrogen and oxygen atoms in total. The number of amides is 1. The van der Waals surface area contributed by atoms with Crippen LogP contribution in [0.5, 0.6) is 5.75 Å². The fourth-order valence-corrected chi connectivity index (χ4v) is 3.95. The van der Waals surface area contributed by atoms with Gasteiger partial charge < -0.3 is 32.1 Å². The van der Waals surface area contributed by atoms with E-state index in [2.05, 4.69) is 34.8 Å². The predicted molar refractivity (Wildman–Crippen MR) is 147 cm³/mol. The van der Waals surface area contributed by atoms with Crippen LogP contribution in [0.2, 0.25) is 0 Å². The van der Waals surface area contributed by atoms with Gasteiger partial charge in [-0.25, -0.2) is 0 Å². The number of rotatable bonds is 22. The summed E-state index contributed by atoms with van der Waals surface area (Å²) in [5, 5.41) is 23.3. The Morgan fingerprint density at radius 1 is 0.971 bits per heavy atom. The van der Waals surface area contributed by atoms with Gasteiger partial charge in [-0.1, -0.05) is 45.4 Å². The highest BCUT2D eigenvalue weighted by Crippen LogP contribution is 2.14. The van der Waals surface area contributed by atoms with Crippen molar-refractivity contribution in [3.63, 3.8) is 0 Å². The van der Waals surface area contributed by atoms with E-state index < -0.39 is 0 Å². The lowest BCUT2D eigenvalue weighted by atomic mass is 10.00. The second-order valence-corrected chi connectivity index (χ2v) is 9.46. The van der Waals surface area contributed by atoms with Crippen LogP contribution in [0, 0.1) is 5.92 Å². The SMILES string of the molecule is C=C(NCC(CCCC)CNCCCNCCCCN)[C@H](Cc1ccc(O)cc1)NC(=O)CCC. The van der Waals surface area contributed by atoms with Gasteiger partial charge in [0.05, 0.1) is 6.04 Å². The molecule has 1 unspecified atom stereocenters. The molecule has 2 atom stereocenters. The summed E-state index contributed by atoms with van der Waals surface area (Å²) in [6, 6.07) is 6.95. The van der Waals surface area contributed by atoms with Crippen LogP contribution >= 0.6 is 0 Å². The van der Waals surface area contributed by atoms with Crippen LogP contribution in [0.25, 0.3) is 0 Å². The Hall–Kier alpha value is -2.09. The van der Waals surface area contributed by atoms with Crippen LogP contribution in [-0.4, -0.2) is 56.3 Å². The van der Waals surface area contributed by atoms with Crippen LogP contribution in [0.3, 0.4) is 0 Å². The van der Waals surface area contributed by atoms with Gasteiger partial charge in [0.2, 0.25) is 5.91 Å². The highest BCUT2D eigenvalue weighted by atomic mass is 16.3. The van der Waals surface area contributed by atoms with Crippen LogP contribution < -0.4 is 27.0 Å². The van der Waals surface area contributed by atoms with Crippen LogP contribution in [0.1, 0.15) is 70.8 Å². The molecule has 1 aromatic carbocycles. The molecular weight excluding hydrogens is 438 g/mol. The molecule has 0 aromatic heterocycles. The molecule has 0 spiro atoms. The van der Waals surface area contributed by atoms with Crippen molar-refractivity contribution in [1.29, 1.82) is 0 Å². The number of carbonyl (C=O) groups excluding carboxylic acids is 1. The van der Waals surface area contributed by atoms with E-state index in [1.807, 2.05) is 19.1 Å². The van der Waals surface area contributed by atoms with Gasteiger partial charge in [0.15, 0.2) is 0 Å². The van der Waals surface area contributed by atoms with Crippen molar-refractivity contribution in [3.8, 4) is 5.75 Å². The lowest BCUT2D eigenvalue weighted by molar-refractivity contribution is -0.121. The number of phenols is 1. The molecule has 7 heteroatoms. The largest absolute Gasteiger partial charge is 0.508 e. The zero-order valence-corrected chi connectivity index (χ0v) is 22.2. The molecule has 0 saturated carbocycles. The molecular formula is C28H51N5O2. The second-order valence-electron chi connectivity index (χ2n) is 9.46. The molecule has 0 heterocycles. The molecule has 0 aliphatic heterocycles. The Bertz CT molecular complexity index is 680. The topological polar surface area (TPSA) is 111 Å². The van der Waals surface area contributed by atoms with E-state index in [1.165, 1.54) is 12.8 Å². The van der Waals surface area contributed by atoms with Crippen molar-refractivity contribution in [2.24, 2.45) is 11.7 Å². The number of hydrogen-bond donors (Lipinski definition) is 6. The Labute approximate surface area is 213 Å². The number of carbonyl (C=O) groups is 1. The third-order valence-corrected chi connectivity index (χ3v) is 6.14. The van der Waals surface area contributed by atoms with Gasteiger partial charge in [-0.15, -0.1) is 0 Å². The maximum atomic E-state index is 12.3. The van der Waals surface area contributed by atoms with Crippen molar-refractivity contribution in [2.75, 3.05) is 39.3 Å². The van der Waals surface area contributed by atoms with Gasteiger partial charge >= 0.3 is 0 Å². The summed E-state index contributed by atoms with van der Waals surface area (Å²) < 4.78 is 0. The molecule has 35 heavy (non-hydrogen) atoms. The van der Waals surface area contributed by atoms with Gasteiger partial charge in [0, 0.05) is 18.7 Å². The monoisotopic (exact) mass is 489 g/mol. The third kappa shape index (κ3) is 15.5. The first-order chi connectivity index (χ1) is 17.0. The Kier molecular flexibility index (Phi) is 17.8. The van der Waals surface area contributed by atoms with Gasteiger partial charge in [0.25, 0.3) is 0 Å². The number of benzene rings is 1. The fraction of sp³-hybridized carbons (Fsp3) is 0.679. The summed E-state index contributed by atoms with van der Waals surface area (Å²) in [6.45, 7) is 14.2. The van der Waals surface area contributed by atoms with E-state index in [4.69, 9.17) is 5.73 Å². The van der Waals surface area contributed by atoms with Crippen molar-refractivity contribution < 1.29 is 9.90 Å². The smallest absolute Gasteiger partial charge is 0.220 e. The molecule has 1 amide bonds. The van der Waals surface area contributed by atoms with Gasteiger partial charge in [0.1, 0.15) is 5.75 Å². The van der Waals surface area contributed by atoms with E-state index in [0.717, 1.165) is 82.6 Å². The van der Waals surface area contributed by atoms with Crippen LogP contribution in [0.15, 0.2) is 36.5 Å². The van der Waals surface area contributed by atoms with E-state index in [1.54, 1.807) is 12.1 Å². The minimum atomic E-state index is -0.191. The highest BCUT2D eigenvalue weighted by molar-refractivity contribution is 5.76. The van der Waals surface area contributed by atoms with E-state index in [-0.39, 0.29) is 17.7 Å². The predicted octanol–water partition coefficient (Wildman–Crippen LogP) is 3.44. The summed E-state index contributed by atoms with van der Waals surface area (Å²) in [5.74, 6) is 0.788. The summed E-state index contributed by atoms with van der Waals surface area (Å²) in [5.41, 5.74) is 7.42. The van der Waals surface area contributed by atoms with Gasteiger partial charge in [-0.3, -0.25) is 4.79 Å². The van der Waals surface area contributed by atoms with Crippen molar-refractivity contribution in [3.05, 3.63) is 42.1 Å². The summed E-state index contributed by atoms with van der Waals surface area (Å²) in [6.07, 6.45) is 8.83. The highest BCUT2D eigenvalue weighted by Gasteiger charge is 2.18. The number of unbranched alkanes of at least 4 members (excludes halogenated alkanes) is 2. The average molecular weight is 490 g/mol. The molecule has 0 aliphatic rings. The molecule has 1 aromatic rings. The van der Waals surface area contributed by atoms with Crippen LogP contribution in [-0.2, 0) is 11.2 Å². The number of phenolic OH excluding ortho intramolecular Hbond substituents is 1. The number of nitrogens with two attached hydrogens (primary N) is 1. The molecule has 0 aliphatic carbocycles. The molecule has 0 fully saturated rings. The lowest BCUT2D eigenvalue weighted by Gasteiger charge is -2.25. The Balaban J connectivity index is 2.52. The van der Waals surface area contributed by atoms with Crippen molar-refractivity contribution >= 4 is 5.91 Å². The fourth-order valence-electron chi connectivity index (χ4n) is 3.95. The maximum Gasteiger partial charge on any atom is 0.220 e. The maximum absolute atomic E-state index is 12.3. The van der Waals surface area contributed by atoms with Gasteiger partial charge in [-0.2, -0.15) is 0 Å². The molecule has 0 bridgehead atoms. The first-order valence-corrected chi connectivity index (χ1v) is 13.6. The normalized spacial score (nSPS) is 12.8. The van der Waals surface area contributed by atoms with Gasteiger partial charge in [-0.05, 0) is 94.9 Å². The van der Waals surface area contributed by atoms with E-state index in [9.17, 15) is 9.90 Å². The average Bonchev–Trinajstić information content (AvgIpc) is 2.85. The molecule has 200 valence electrons. The number of hydrogen-bond acceptors (Lipinski definition) is 6. The van der Waals surface area contributed by atoms with E-state index in [0.29, 0.717) is 18.8 Å². The van der Waals surface area contributed by atoms with Crippen molar-refractivity contribution in [2.45, 2.75) is 77.7 Å². The zero-order valence-electron chi connectivity index (χ0n) is 22.2. The lowest BCUT2D eigenvalue weighted by Crippen LogP contribution is -2.43. The second kappa shape index (κ2) is 20.1. The summed E-state index contributed by atoms with van der Waals surface area (Å²) >= 11 is 0. The van der Waals surface area contributed by atoms with Crippen LogP contribution in [0.4, 0.5) is 0 Å². The van der Waals surface area contributed by atoms with Crippen molar-refractivity contribution in [1.82, 2.24) is 21.3 Å². The first-order valence-electron chi connectivity index (χ1n) is 13.6. The Morgan fingerprint density at radius 3 is 2.37 bits per heavy atom. The minimum Gasteiger partial charge on any atom is -0.508 e. The third-order valence-electron chi connectivity index (χ3n) is 6.14. The van der Waals surface area contributed by atoms with E-state index >= 15 is 0 Å². The standard InChI is InChI=1S/C28H51N5O2/c1-4-6-11-25(21-31-19-9-18-30-17-8-7-16-29)22-32-23(3)27(33-28(35)10-5-2)20-24-12-14-26(34)15-13-24/h12-15,25,27,30-32,34H,3-11,16-22,29H2,1-2H3,(H,33,35)/t25?,27-/m0/s1. The summed E-state index contributed by atoms with van der Waals surface area (Å²) in [7, 11) is 0. The first kappa shape index (κ1) is 30.9. The molecule has 7 N–H and O–H groups in total. The molecule has 0 radical (unpaired) electrons. The summed E-state index contributed by atoms with van der Waals surface area (Å²) in [4.78, 5) is 12.3.